The summed E-state index contributed by atoms with van der Waals surface area (Å²) < 4.78 is 13.1. The van der Waals surface area contributed by atoms with Gasteiger partial charge < -0.3 is 14.0 Å². The molecule has 0 saturated heterocycles. The first-order chi connectivity index (χ1) is 8.79. The second-order valence-corrected chi connectivity index (χ2v) is 3.92. The second-order valence-electron chi connectivity index (χ2n) is 3.92. The highest BCUT2D eigenvalue weighted by molar-refractivity contribution is 5.31. The number of aryl methyl sites for hydroxylation is 1. The third-order valence-electron chi connectivity index (χ3n) is 2.66. The van der Waals surface area contributed by atoms with Gasteiger partial charge >= 0.3 is 0 Å². The Bertz CT molecular complexity index is 477. The fourth-order valence-corrected chi connectivity index (χ4v) is 1.70. The molecule has 1 aromatic carbocycles. The minimum atomic E-state index is 0.630. The maximum atomic E-state index is 5.66. The van der Waals surface area contributed by atoms with Crippen molar-refractivity contribution in [3.05, 3.63) is 42.5 Å². The van der Waals surface area contributed by atoms with Crippen LogP contribution in [-0.4, -0.2) is 22.8 Å². The summed E-state index contributed by atoms with van der Waals surface area (Å²) in [7, 11) is 0. The highest BCUT2D eigenvalue weighted by Gasteiger charge is 1.98. The summed E-state index contributed by atoms with van der Waals surface area (Å²) in [4.78, 5) is 4.17. The minimum Gasteiger partial charge on any atom is -0.494 e. The summed E-state index contributed by atoms with van der Waals surface area (Å²) in [6.07, 6.45) is 3.75. The Morgan fingerprint density at radius 1 is 1.11 bits per heavy atom. The lowest BCUT2D eigenvalue weighted by atomic mass is 10.3. The van der Waals surface area contributed by atoms with Gasteiger partial charge in [-0.2, -0.15) is 0 Å². The van der Waals surface area contributed by atoms with Crippen molar-refractivity contribution in [3.63, 3.8) is 0 Å². The van der Waals surface area contributed by atoms with E-state index >= 15 is 0 Å². The van der Waals surface area contributed by atoms with Crippen molar-refractivity contribution in [2.24, 2.45) is 0 Å². The third-order valence-corrected chi connectivity index (χ3v) is 2.66. The van der Waals surface area contributed by atoms with E-state index in [-0.39, 0.29) is 0 Å². The zero-order chi connectivity index (χ0) is 12.8. The second kappa shape index (κ2) is 6.10. The lowest BCUT2D eigenvalue weighted by Gasteiger charge is -2.09. The van der Waals surface area contributed by atoms with E-state index < -0.39 is 0 Å². The minimum absolute atomic E-state index is 0.630. The SMILES string of the molecule is CCOc1ccc(OCCn2ccnc2C)cc1. The van der Waals surface area contributed by atoms with Crippen molar-refractivity contribution in [3.8, 4) is 11.5 Å². The molecule has 0 saturated carbocycles. The van der Waals surface area contributed by atoms with Crippen molar-refractivity contribution < 1.29 is 9.47 Å². The molecule has 0 unspecified atom stereocenters. The Labute approximate surface area is 107 Å². The van der Waals surface area contributed by atoms with Crippen LogP contribution in [0.1, 0.15) is 12.7 Å². The molecule has 0 aliphatic rings. The van der Waals surface area contributed by atoms with Gasteiger partial charge in [-0.05, 0) is 38.1 Å². The molecule has 0 bridgehead atoms. The summed E-state index contributed by atoms with van der Waals surface area (Å²) in [5.41, 5.74) is 0. The van der Waals surface area contributed by atoms with E-state index in [1.165, 1.54) is 0 Å². The van der Waals surface area contributed by atoms with Crippen LogP contribution < -0.4 is 9.47 Å². The molecule has 0 spiro atoms. The highest BCUT2D eigenvalue weighted by Crippen LogP contribution is 2.17. The largest absolute Gasteiger partial charge is 0.494 e. The smallest absolute Gasteiger partial charge is 0.119 e. The molecule has 0 amide bonds. The van der Waals surface area contributed by atoms with Gasteiger partial charge in [-0.1, -0.05) is 0 Å². The van der Waals surface area contributed by atoms with E-state index in [0.29, 0.717) is 13.2 Å². The van der Waals surface area contributed by atoms with Crippen LogP contribution in [0.3, 0.4) is 0 Å². The van der Waals surface area contributed by atoms with Gasteiger partial charge in [-0.3, -0.25) is 0 Å². The molecular weight excluding hydrogens is 228 g/mol. The standard InChI is InChI=1S/C14H18N2O2/c1-3-17-13-4-6-14(7-5-13)18-11-10-16-9-8-15-12(16)2/h4-9H,3,10-11H2,1-2H3. The summed E-state index contributed by atoms with van der Waals surface area (Å²) in [6.45, 7) is 6.07. The Kier molecular flexibility index (Phi) is 4.23. The molecule has 1 heterocycles. The molecular formula is C14H18N2O2. The van der Waals surface area contributed by atoms with Crippen molar-refractivity contribution in [2.45, 2.75) is 20.4 Å². The zero-order valence-corrected chi connectivity index (χ0v) is 10.8. The molecule has 18 heavy (non-hydrogen) atoms. The number of imidazole rings is 1. The molecule has 2 rings (SSSR count). The van der Waals surface area contributed by atoms with Crippen LogP contribution >= 0.6 is 0 Å². The summed E-state index contributed by atoms with van der Waals surface area (Å²) in [6, 6.07) is 7.68. The Hall–Kier alpha value is -1.97. The number of aromatic nitrogens is 2. The van der Waals surface area contributed by atoms with Crippen LogP contribution in [0.15, 0.2) is 36.7 Å². The average molecular weight is 246 g/mol. The van der Waals surface area contributed by atoms with E-state index in [1.54, 1.807) is 6.20 Å². The topological polar surface area (TPSA) is 36.3 Å². The maximum absolute atomic E-state index is 5.66. The van der Waals surface area contributed by atoms with Crippen LogP contribution in [0.2, 0.25) is 0 Å². The molecule has 4 nitrogen and oxygen atoms in total. The van der Waals surface area contributed by atoms with E-state index in [9.17, 15) is 0 Å². The molecule has 2 aromatic rings. The van der Waals surface area contributed by atoms with E-state index in [2.05, 4.69) is 9.55 Å². The van der Waals surface area contributed by atoms with Crippen LogP contribution in [0.25, 0.3) is 0 Å². The molecule has 1 aromatic heterocycles. The van der Waals surface area contributed by atoms with E-state index in [1.807, 2.05) is 44.3 Å². The summed E-state index contributed by atoms with van der Waals surface area (Å²) >= 11 is 0. The number of ether oxygens (including phenoxy) is 2. The van der Waals surface area contributed by atoms with Crippen molar-refractivity contribution in [1.82, 2.24) is 9.55 Å². The van der Waals surface area contributed by atoms with Crippen molar-refractivity contribution in [1.29, 1.82) is 0 Å². The van der Waals surface area contributed by atoms with Gasteiger partial charge in [0.15, 0.2) is 0 Å². The predicted molar refractivity (Wildman–Crippen MR) is 70.1 cm³/mol. The van der Waals surface area contributed by atoms with Gasteiger partial charge in [-0.25, -0.2) is 4.98 Å². The number of hydrogen-bond acceptors (Lipinski definition) is 3. The quantitative estimate of drug-likeness (QED) is 0.786. The molecule has 96 valence electrons. The predicted octanol–water partition coefficient (Wildman–Crippen LogP) is 2.67. The van der Waals surface area contributed by atoms with Gasteiger partial charge in [0.05, 0.1) is 13.2 Å². The first kappa shape index (κ1) is 12.5. The molecule has 0 N–H and O–H groups in total. The maximum Gasteiger partial charge on any atom is 0.119 e. The molecule has 0 fully saturated rings. The molecule has 0 aliphatic heterocycles. The Morgan fingerprint density at radius 3 is 2.33 bits per heavy atom. The number of nitrogens with zero attached hydrogens (tertiary/aromatic N) is 2. The fraction of sp³-hybridized carbons (Fsp3) is 0.357. The molecule has 0 radical (unpaired) electrons. The fourth-order valence-electron chi connectivity index (χ4n) is 1.70. The molecule has 0 atom stereocenters. The van der Waals surface area contributed by atoms with Crippen LogP contribution in [0, 0.1) is 6.92 Å². The first-order valence-corrected chi connectivity index (χ1v) is 6.13. The monoisotopic (exact) mass is 246 g/mol. The molecule has 0 aliphatic carbocycles. The van der Waals surface area contributed by atoms with E-state index in [0.717, 1.165) is 23.9 Å². The number of rotatable bonds is 6. The Balaban J connectivity index is 1.81. The van der Waals surface area contributed by atoms with Gasteiger partial charge in [0, 0.05) is 12.4 Å². The third kappa shape index (κ3) is 3.26. The van der Waals surface area contributed by atoms with Gasteiger partial charge in [-0.15, -0.1) is 0 Å². The first-order valence-electron chi connectivity index (χ1n) is 6.13. The average Bonchev–Trinajstić information content (AvgIpc) is 2.78. The number of hydrogen-bond donors (Lipinski definition) is 0. The van der Waals surface area contributed by atoms with Gasteiger partial charge in [0.2, 0.25) is 0 Å². The summed E-state index contributed by atoms with van der Waals surface area (Å²) in [5.74, 6) is 2.73. The number of benzene rings is 1. The van der Waals surface area contributed by atoms with E-state index in [4.69, 9.17) is 9.47 Å². The van der Waals surface area contributed by atoms with Gasteiger partial charge in [0.1, 0.15) is 23.9 Å². The summed E-state index contributed by atoms with van der Waals surface area (Å²) in [5, 5.41) is 0. The zero-order valence-electron chi connectivity index (χ0n) is 10.8. The van der Waals surface area contributed by atoms with Crippen molar-refractivity contribution >= 4 is 0 Å². The van der Waals surface area contributed by atoms with Gasteiger partial charge in [0.25, 0.3) is 0 Å². The van der Waals surface area contributed by atoms with Crippen LogP contribution in [0.4, 0.5) is 0 Å². The lowest BCUT2D eigenvalue weighted by molar-refractivity contribution is 0.295. The van der Waals surface area contributed by atoms with Crippen molar-refractivity contribution in [2.75, 3.05) is 13.2 Å². The normalized spacial score (nSPS) is 10.3. The Morgan fingerprint density at radius 2 is 1.78 bits per heavy atom. The van der Waals surface area contributed by atoms with Crippen LogP contribution in [0.5, 0.6) is 11.5 Å². The molecule has 4 heteroatoms. The van der Waals surface area contributed by atoms with Crippen LogP contribution in [-0.2, 0) is 6.54 Å². The lowest BCUT2D eigenvalue weighted by Crippen LogP contribution is -2.08. The highest BCUT2D eigenvalue weighted by atomic mass is 16.5.